The summed E-state index contributed by atoms with van der Waals surface area (Å²) in [5, 5.41) is 7.59. The van der Waals surface area contributed by atoms with Gasteiger partial charge < -0.3 is 5.32 Å². The zero-order valence-corrected chi connectivity index (χ0v) is 16.7. The van der Waals surface area contributed by atoms with Crippen LogP contribution < -0.4 is 5.32 Å². The van der Waals surface area contributed by atoms with E-state index in [-0.39, 0.29) is 22.7 Å². The van der Waals surface area contributed by atoms with Gasteiger partial charge in [0.1, 0.15) is 12.1 Å². The minimum absolute atomic E-state index is 0.00775. The van der Waals surface area contributed by atoms with Crippen LogP contribution in [0.2, 0.25) is 5.02 Å². The van der Waals surface area contributed by atoms with Gasteiger partial charge in [-0.3, -0.25) is 9.48 Å². The molecule has 29 heavy (non-hydrogen) atoms. The standard InChI is InChI=1S/C21H21ClFN5O/c1-13-2-7-17(23)19(20(13)22)21(29)27-15-3-5-16(6-4-15)28-11-14(10-26-28)18-8-9-24-12-25-18/h2,7-12,15-16H,3-6H2,1H3,(H,27,29). The van der Waals surface area contributed by atoms with Gasteiger partial charge in [-0.2, -0.15) is 5.10 Å². The van der Waals surface area contributed by atoms with E-state index in [0.717, 1.165) is 36.9 Å². The molecule has 8 heteroatoms. The normalized spacial score (nSPS) is 19.1. The summed E-state index contributed by atoms with van der Waals surface area (Å²) in [5.41, 5.74) is 2.40. The number of hydrogen-bond acceptors (Lipinski definition) is 4. The van der Waals surface area contributed by atoms with Crippen LogP contribution in [0.25, 0.3) is 11.3 Å². The summed E-state index contributed by atoms with van der Waals surface area (Å²) in [6, 6.07) is 4.95. The molecular weight excluding hydrogens is 393 g/mol. The number of amides is 1. The van der Waals surface area contributed by atoms with Crippen molar-refractivity contribution in [3.8, 4) is 11.3 Å². The SMILES string of the molecule is Cc1ccc(F)c(C(=O)NC2CCC(n3cc(-c4ccncn4)cn3)CC2)c1Cl. The molecule has 1 fully saturated rings. The molecule has 1 aromatic carbocycles. The van der Waals surface area contributed by atoms with Gasteiger partial charge in [0.25, 0.3) is 5.91 Å². The highest BCUT2D eigenvalue weighted by atomic mass is 35.5. The van der Waals surface area contributed by atoms with Crippen LogP contribution in [0.3, 0.4) is 0 Å². The molecule has 1 saturated carbocycles. The first kappa shape index (κ1) is 19.5. The van der Waals surface area contributed by atoms with Gasteiger partial charge in [-0.05, 0) is 50.3 Å². The minimum Gasteiger partial charge on any atom is -0.349 e. The predicted octanol–water partition coefficient (Wildman–Crippen LogP) is 4.35. The lowest BCUT2D eigenvalue weighted by Gasteiger charge is -2.29. The second-order valence-corrected chi connectivity index (χ2v) is 7.71. The maximum Gasteiger partial charge on any atom is 0.256 e. The minimum atomic E-state index is -0.597. The number of benzene rings is 1. The summed E-state index contributed by atoms with van der Waals surface area (Å²) in [6.45, 7) is 1.75. The van der Waals surface area contributed by atoms with Crippen LogP contribution in [0.5, 0.6) is 0 Å². The topological polar surface area (TPSA) is 72.7 Å². The van der Waals surface area contributed by atoms with E-state index < -0.39 is 11.7 Å². The summed E-state index contributed by atoms with van der Waals surface area (Å²) in [4.78, 5) is 20.7. The van der Waals surface area contributed by atoms with Crippen molar-refractivity contribution in [3.63, 3.8) is 0 Å². The van der Waals surface area contributed by atoms with E-state index in [0.29, 0.717) is 5.56 Å². The zero-order valence-electron chi connectivity index (χ0n) is 16.0. The highest BCUT2D eigenvalue weighted by molar-refractivity contribution is 6.34. The number of carbonyl (C=O) groups is 1. The fourth-order valence-electron chi connectivity index (χ4n) is 3.74. The third-order valence-electron chi connectivity index (χ3n) is 5.40. The Labute approximate surface area is 173 Å². The Hall–Kier alpha value is -2.80. The van der Waals surface area contributed by atoms with Crippen molar-refractivity contribution in [1.82, 2.24) is 25.1 Å². The lowest BCUT2D eigenvalue weighted by molar-refractivity contribution is 0.0917. The number of hydrogen-bond donors (Lipinski definition) is 1. The van der Waals surface area contributed by atoms with E-state index in [2.05, 4.69) is 20.4 Å². The van der Waals surface area contributed by atoms with Crippen LogP contribution >= 0.6 is 11.6 Å². The molecule has 0 aliphatic heterocycles. The summed E-state index contributed by atoms with van der Waals surface area (Å²) in [6.07, 6.45) is 10.4. The Morgan fingerprint density at radius 1 is 1.24 bits per heavy atom. The molecule has 0 spiro atoms. The van der Waals surface area contributed by atoms with Gasteiger partial charge in [0.15, 0.2) is 0 Å². The number of halogens is 2. The molecule has 1 amide bonds. The van der Waals surface area contributed by atoms with Crippen molar-refractivity contribution in [2.24, 2.45) is 0 Å². The summed E-state index contributed by atoms with van der Waals surface area (Å²) < 4.78 is 16.1. The van der Waals surface area contributed by atoms with E-state index in [4.69, 9.17) is 11.6 Å². The predicted molar refractivity (Wildman–Crippen MR) is 108 cm³/mol. The monoisotopic (exact) mass is 413 g/mol. The molecule has 1 N–H and O–H groups in total. The van der Waals surface area contributed by atoms with Crippen molar-refractivity contribution in [2.75, 3.05) is 0 Å². The van der Waals surface area contributed by atoms with Crippen LogP contribution in [-0.2, 0) is 0 Å². The van der Waals surface area contributed by atoms with Gasteiger partial charge in [0.05, 0.1) is 28.5 Å². The quantitative estimate of drug-likeness (QED) is 0.689. The van der Waals surface area contributed by atoms with Crippen molar-refractivity contribution < 1.29 is 9.18 Å². The molecule has 0 bridgehead atoms. The first-order chi connectivity index (χ1) is 14.0. The van der Waals surface area contributed by atoms with Gasteiger partial charge in [-0.15, -0.1) is 0 Å². The number of aromatic nitrogens is 4. The van der Waals surface area contributed by atoms with Gasteiger partial charge >= 0.3 is 0 Å². The number of aryl methyl sites for hydroxylation is 1. The van der Waals surface area contributed by atoms with E-state index in [1.807, 2.05) is 16.9 Å². The first-order valence-corrected chi connectivity index (χ1v) is 9.96. The second-order valence-electron chi connectivity index (χ2n) is 7.34. The average molecular weight is 414 g/mol. The van der Waals surface area contributed by atoms with Gasteiger partial charge in [-0.25, -0.2) is 14.4 Å². The van der Waals surface area contributed by atoms with Crippen LogP contribution in [0.15, 0.2) is 43.1 Å². The maximum absolute atomic E-state index is 14.1. The molecule has 1 aliphatic carbocycles. The molecule has 2 aromatic heterocycles. The van der Waals surface area contributed by atoms with Crippen LogP contribution in [0.1, 0.15) is 47.6 Å². The molecule has 150 valence electrons. The lowest BCUT2D eigenvalue weighted by Crippen LogP contribution is -2.38. The van der Waals surface area contributed by atoms with Crippen LogP contribution in [0.4, 0.5) is 4.39 Å². The molecule has 0 unspecified atom stereocenters. The molecular formula is C21H21ClFN5O. The van der Waals surface area contributed by atoms with Crippen molar-refractivity contribution in [1.29, 1.82) is 0 Å². The van der Waals surface area contributed by atoms with Crippen molar-refractivity contribution in [3.05, 3.63) is 65.1 Å². The molecule has 0 saturated heterocycles. The van der Waals surface area contributed by atoms with E-state index in [1.54, 1.807) is 25.4 Å². The zero-order chi connectivity index (χ0) is 20.4. The molecule has 4 rings (SSSR count). The Morgan fingerprint density at radius 2 is 2.03 bits per heavy atom. The first-order valence-electron chi connectivity index (χ1n) is 9.59. The maximum atomic E-state index is 14.1. The molecule has 0 atom stereocenters. The highest BCUT2D eigenvalue weighted by Crippen LogP contribution is 2.30. The van der Waals surface area contributed by atoms with E-state index in [1.165, 1.54) is 12.4 Å². The van der Waals surface area contributed by atoms with Gasteiger partial charge in [0.2, 0.25) is 0 Å². The number of carbonyl (C=O) groups excluding carboxylic acids is 1. The number of rotatable bonds is 4. The lowest BCUT2D eigenvalue weighted by atomic mass is 9.91. The van der Waals surface area contributed by atoms with Crippen molar-refractivity contribution in [2.45, 2.75) is 44.7 Å². The fourth-order valence-corrected chi connectivity index (χ4v) is 3.98. The molecule has 2 heterocycles. The average Bonchev–Trinajstić information content (AvgIpc) is 3.23. The van der Waals surface area contributed by atoms with Crippen LogP contribution in [0, 0.1) is 12.7 Å². The summed E-state index contributed by atoms with van der Waals surface area (Å²) in [7, 11) is 0. The Kier molecular flexibility index (Phi) is 5.58. The van der Waals surface area contributed by atoms with E-state index in [9.17, 15) is 9.18 Å². The fraction of sp³-hybridized carbons (Fsp3) is 0.333. The molecule has 0 radical (unpaired) electrons. The Morgan fingerprint density at radius 3 is 2.76 bits per heavy atom. The van der Waals surface area contributed by atoms with Crippen LogP contribution in [-0.4, -0.2) is 31.7 Å². The summed E-state index contributed by atoms with van der Waals surface area (Å²) >= 11 is 6.15. The third-order valence-corrected chi connectivity index (χ3v) is 5.88. The summed E-state index contributed by atoms with van der Waals surface area (Å²) in [5.74, 6) is -1.05. The Balaban J connectivity index is 1.37. The molecule has 1 aliphatic rings. The second kappa shape index (κ2) is 8.29. The van der Waals surface area contributed by atoms with E-state index >= 15 is 0 Å². The number of nitrogens with zero attached hydrogens (tertiary/aromatic N) is 4. The number of nitrogens with one attached hydrogen (secondary N) is 1. The highest BCUT2D eigenvalue weighted by Gasteiger charge is 2.26. The smallest absolute Gasteiger partial charge is 0.256 e. The van der Waals surface area contributed by atoms with Gasteiger partial charge in [-0.1, -0.05) is 17.7 Å². The largest absolute Gasteiger partial charge is 0.349 e. The van der Waals surface area contributed by atoms with Gasteiger partial charge in [0, 0.05) is 24.0 Å². The Bertz CT molecular complexity index is 1020. The molecule has 3 aromatic rings. The molecule has 6 nitrogen and oxygen atoms in total. The third kappa shape index (κ3) is 4.15. The van der Waals surface area contributed by atoms with Crippen molar-refractivity contribution >= 4 is 17.5 Å².